The van der Waals surface area contributed by atoms with Gasteiger partial charge in [0.1, 0.15) is 11.6 Å². The van der Waals surface area contributed by atoms with Crippen LogP contribution >= 0.6 is 0 Å². The Bertz CT molecular complexity index is 869. The average Bonchev–Trinajstić information content (AvgIpc) is 3.04. The molecule has 0 saturated carbocycles. The summed E-state index contributed by atoms with van der Waals surface area (Å²) in [4.78, 5) is 11.4. The number of hydrogen-bond acceptors (Lipinski definition) is 5. The van der Waals surface area contributed by atoms with Crippen LogP contribution in [0.2, 0.25) is 0 Å². The van der Waals surface area contributed by atoms with E-state index >= 15 is 0 Å². The van der Waals surface area contributed by atoms with Crippen molar-refractivity contribution in [3.63, 3.8) is 0 Å². The quantitative estimate of drug-likeness (QED) is 0.737. The molecule has 25 heavy (non-hydrogen) atoms. The molecule has 0 N–H and O–H groups in total. The Hall–Kier alpha value is -2.73. The van der Waals surface area contributed by atoms with Gasteiger partial charge in [-0.15, -0.1) is 0 Å². The SMILES string of the molecule is Cc1nc(N2CCOCC2)cc(-n2nc(-c3ccccc3)cc2C)n1. The highest BCUT2D eigenvalue weighted by atomic mass is 16.5. The van der Waals surface area contributed by atoms with E-state index in [0.717, 1.165) is 60.7 Å². The monoisotopic (exact) mass is 335 g/mol. The molecule has 0 aliphatic carbocycles. The second-order valence-corrected chi connectivity index (χ2v) is 6.18. The van der Waals surface area contributed by atoms with Crippen LogP contribution in [0.4, 0.5) is 5.82 Å². The highest BCUT2D eigenvalue weighted by Gasteiger charge is 2.16. The number of ether oxygens (including phenoxy) is 1. The summed E-state index contributed by atoms with van der Waals surface area (Å²) >= 11 is 0. The Morgan fingerprint density at radius 1 is 0.920 bits per heavy atom. The predicted octanol–water partition coefficient (Wildman–Crippen LogP) is 2.78. The van der Waals surface area contributed by atoms with Crippen LogP contribution in [0.25, 0.3) is 17.1 Å². The van der Waals surface area contributed by atoms with E-state index in [1.807, 2.05) is 42.8 Å². The molecule has 1 aliphatic heterocycles. The average molecular weight is 335 g/mol. The van der Waals surface area contributed by atoms with Crippen LogP contribution in [0.3, 0.4) is 0 Å². The Kier molecular flexibility index (Phi) is 4.19. The lowest BCUT2D eigenvalue weighted by Gasteiger charge is -2.28. The lowest BCUT2D eigenvalue weighted by Crippen LogP contribution is -2.37. The largest absolute Gasteiger partial charge is 0.378 e. The Morgan fingerprint density at radius 2 is 1.64 bits per heavy atom. The van der Waals surface area contributed by atoms with Crippen molar-refractivity contribution in [2.24, 2.45) is 0 Å². The van der Waals surface area contributed by atoms with Gasteiger partial charge in [-0.25, -0.2) is 14.6 Å². The van der Waals surface area contributed by atoms with Crippen LogP contribution < -0.4 is 4.90 Å². The summed E-state index contributed by atoms with van der Waals surface area (Å²) in [5.74, 6) is 2.48. The molecule has 1 aromatic carbocycles. The van der Waals surface area contributed by atoms with Gasteiger partial charge < -0.3 is 9.64 Å². The fourth-order valence-corrected chi connectivity index (χ4v) is 3.06. The minimum absolute atomic E-state index is 0.733. The maximum Gasteiger partial charge on any atom is 0.159 e. The Morgan fingerprint density at radius 3 is 2.40 bits per heavy atom. The minimum atomic E-state index is 0.733. The molecule has 6 nitrogen and oxygen atoms in total. The first kappa shape index (κ1) is 15.8. The van der Waals surface area contributed by atoms with Gasteiger partial charge in [0, 0.05) is 30.4 Å². The van der Waals surface area contributed by atoms with Gasteiger partial charge >= 0.3 is 0 Å². The molecule has 0 amide bonds. The molecule has 4 rings (SSSR count). The summed E-state index contributed by atoms with van der Waals surface area (Å²) < 4.78 is 7.32. The molecule has 6 heteroatoms. The number of hydrogen-bond donors (Lipinski definition) is 0. The third-order valence-electron chi connectivity index (χ3n) is 4.32. The second kappa shape index (κ2) is 6.64. The van der Waals surface area contributed by atoms with E-state index in [4.69, 9.17) is 9.84 Å². The second-order valence-electron chi connectivity index (χ2n) is 6.18. The molecule has 0 bridgehead atoms. The lowest BCUT2D eigenvalue weighted by atomic mass is 10.1. The maximum atomic E-state index is 5.44. The van der Waals surface area contributed by atoms with E-state index in [0.29, 0.717) is 0 Å². The molecule has 3 heterocycles. The van der Waals surface area contributed by atoms with E-state index in [2.05, 4.69) is 33.1 Å². The van der Waals surface area contributed by atoms with Gasteiger partial charge in [-0.3, -0.25) is 0 Å². The zero-order valence-corrected chi connectivity index (χ0v) is 14.5. The van der Waals surface area contributed by atoms with Gasteiger partial charge in [0.2, 0.25) is 0 Å². The van der Waals surface area contributed by atoms with Gasteiger partial charge in [-0.2, -0.15) is 5.10 Å². The highest BCUT2D eigenvalue weighted by molar-refractivity contribution is 5.59. The summed E-state index contributed by atoms with van der Waals surface area (Å²) in [5, 5.41) is 4.76. The normalized spacial score (nSPS) is 14.7. The summed E-state index contributed by atoms with van der Waals surface area (Å²) in [6, 6.07) is 14.3. The third kappa shape index (κ3) is 3.25. The first-order valence-corrected chi connectivity index (χ1v) is 8.51. The summed E-state index contributed by atoms with van der Waals surface area (Å²) in [5.41, 5.74) is 3.09. The van der Waals surface area contributed by atoms with Gasteiger partial charge in [-0.1, -0.05) is 30.3 Å². The topological polar surface area (TPSA) is 56.1 Å². The number of benzene rings is 1. The number of aryl methyl sites for hydroxylation is 2. The predicted molar refractivity (Wildman–Crippen MR) is 97.1 cm³/mol. The van der Waals surface area contributed by atoms with Crippen molar-refractivity contribution < 1.29 is 4.74 Å². The van der Waals surface area contributed by atoms with Gasteiger partial charge in [0.25, 0.3) is 0 Å². The van der Waals surface area contributed by atoms with E-state index in [-0.39, 0.29) is 0 Å². The van der Waals surface area contributed by atoms with Crippen molar-refractivity contribution in [2.75, 3.05) is 31.2 Å². The number of nitrogens with zero attached hydrogens (tertiary/aromatic N) is 5. The molecule has 2 aromatic heterocycles. The van der Waals surface area contributed by atoms with Crippen molar-refractivity contribution >= 4 is 5.82 Å². The molecule has 1 aliphatic rings. The van der Waals surface area contributed by atoms with E-state index in [1.54, 1.807) is 0 Å². The van der Waals surface area contributed by atoms with Crippen LogP contribution in [0.5, 0.6) is 0 Å². The van der Waals surface area contributed by atoms with Crippen molar-refractivity contribution in [1.29, 1.82) is 0 Å². The zero-order valence-electron chi connectivity index (χ0n) is 14.5. The van der Waals surface area contributed by atoms with Crippen molar-refractivity contribution in [1.82, 2.24) is 19.7 Å². The minimum Gasteiger partial charge on any atom is -0.378 e. The first-order valence-electron chi connectivity index (χ1n) is 8.51. The number of aromatic nitrogens is 4. The number of morpholine rings is 1. The van der Waals surface area contributed by atoms with Crippen LogP contribution in [0.1, 0.15) is 11.5 Å². The Balaban J connectivity index is 1.72. The van der Waals surface area contributed by atoms with Gasteiger partial charge in [0.15, 0.2) is 5.82 Å². The first-order chi connectivity index (χ1) is 12.2. The molecular formula is C19H21N5O. The van der Waals surface area contributed by atoms with Crippen LogP contribution in [0, 0.1) is 13.8 Å². The van der Waals surface area contributed by atoms with E-state index in [1.165, 1.54) is 0 Å². The highest BCUT2D eigenvalue weighted by Crippen LogP contribution is 2.22. The number of rotatable bonds is 3. The van der Waals surface area contributed by atoms with Crippen molar-refractivity contribution in [3.05, 3.63) is 54.0 Å². The van der Waals surface area contributed by atoms with Crippen molar-refractivity contribution in [3.8, 4) is 17.1 Å². The molecule has 1 saturated heterocycles. The Labute approximate surface area is 147 Å². The molecule has 3 aromatic rings. The lowest BCUT2D eigenvalue weighted by molar-refractivity contribution is 0.122. The molecule has 0 radical (unpaired) electrons. The fraction of sp³-hybridized carbons (Fsp3) is 0.316. The van der Waals surface area contributed by atoms with Gasteiger partial charge in [0.05, 0.1) is 18.9 Å². The summed E-state index contributed by atoms with van der Waals surface area (Å²) in [7, 11) is 0. The van der Waals surface area contributed by atoms with Gasteiger partial charge in [-0.05, 0) is 19.9 Å². The fourth-order valence-electron chi connectivity index (χ4n) is 3.06. The molecule has 1 fully saturated rings. The summed E-state index contributed by atoms with van der Waals surface area (Å²) in [6.07, 6.45) is 0. The number of anilines is 1. The zero-order chi connectivity index (χ0) is 17.2. The van der Waals surface area contributed by atoms with Crippen LogP contribution in [-0.4, -0.2) is 46.1 Å². The van der Waals surface area contributed by atoms with Crippen LogP contribution in [0.15, 0.2) is 42.5 Å². The molecule has 0 unspecified atom stereocenters. The molecular weight excluding hydrogens is 314 g/mol. The summed E-state index contributed by atoms with van der Waals surface area (Å²) in [6.45, 7) is 7.14. The molecule has 0 atom stereocenters. The maximum absolute atomic E-state index is 5.44. The third-order valence-corrected chi connectivity index (χ3v) is 4.32. The van der Waals surface area contributed by atoms with E-state index in [9.17, 15) is 0 Å². The molecule has 128 valence electrons. The smallest absolute Gasteiger partial charge is 0.159 e. The van der Waals surface area contributed by atoms with Crippen LogP contribution in [-0.2, 0) is 4.74 Å². The van der Waals surface area contributed by atoms with Crippen molar-refractivity contribution in [2.45, 2.75) is 13.8 Å². The standard InChI is InChI=1S/C19H21N5O/c1-14-12-17(16-6-4-3-5-7-16)22-24(14)19-13-18(20-15(2)21-19)23-8-10-25-11-9-23/h3-7,12-13H,8-11H2,1-2H3. The molecule has 0 spiro atoms. The van der Waals surface area contributed by atoms with E-state index < -0.39 is 0 Å².